The molecule has 0 saturated carbocycles. The average Bonchev–Trinajstić information content (AvgIpc) is 2.32. The minimum atomic E-state index is -0.417. The van der Waals surface area contributed by atoms with Gasteiger partial charge in [0, 0.05) is 17.4 Å². The predicted octanol–water partition coefficient (Wildman–Crippen LogP) is 2.92. The fraction of sp³-hybridized carbons (Fsp3) is 0. The Morgan fingerprint density at radius 1 is 1.06 bits per heavy atom. The molecule has 86 valence electrons. The first kappa shape index (κ1) is 10.9. The first-order chi connectivity index (χ1) is 8.16. The highest BCUT2D eigenvalue weighted by Gasteiger charge is 2.11. The topological polar surface area (TPSA) is 81.2 Å². The average molecular weight is 229 g/mol. The predicted molar refractivity (Wildman–Crippen MR) is 67.2 cm³/mol. The van der Waals surface area contributed by atoms with Crippen molar-refractivity contribution in [2.24, 2.45) is 0 Å². The van der Waals surface area contributed by atoms with Crippen LogP contribution in [0.25, 0.3) is 0 Å². The van der Waals surface area contributed by atoms with Crippen molar-refractivity contribution < 1.29 is 4.92 Å². The molecule has 0 aliphatic carbocycles. The summed E-state index contributed by atoms with van der Waals surface area (Å²) in [6.07, 6.45) is 0. The van der Waals surface area contributed by atoms with Gasteiger partial charge in [0.2, 0.25) is 0 Å². The quantitative estimate of drug-likeness (QED) is 0.481. The van der Waals surface area contributed by atoms with E-state index in [2.05, 4.69) is 5.32 Å². The molecule has 0 spiro atoms. The summed E-state index contributed by atoms with van der Waals surface area (Å²) >= 11 is 0. The van der Waals surface area contributed by atoms with Gasteiger partial charge in [-0.1, -0.05) is 12.1 Å². The molecule has 0 aromatic heterocycles. The van der Waals surface area contributed by atoms with E-state index in [4.69, 9.17) is 5.73 Å². The van der Waals surface area contributed by atoms with Crippen LogP contribution < -0.4 is 11.1 Å². The first-order valence-corrected chi connectivity index (χ1v) is 5.03. The van der Waals surface area contributed by atoms with Crippen LogP contribution in [0.4, 0.5) is 22.7 Å². The third-order valence-electron chi connectivity index (χ3n) is 2.29. The number of anilines is 3. The van der Waals surface area contributed by atoms with Crippen LogP contribution in [0.3, 0.4) is 0 Å². The fourth-order valence-electron chi connectivity index (χ4n) is 1.46. The molecule has 0 fully saturated rings. The Balaban J connectivity index is 2.30. The summed E-state index contributed by atoms with van der Waals surface area (Å²) in [5.74, 6) is 0. The number of nitrogens with zero attached hydrogens (tertiary/aromatic N) is 1. The summed E-state index contributed by atoms with van der Waals surface area (Å²) in [4.78, 5) is 10.4. The lowest BCUT2D eigenvalue weighted by atomic mass is 10.2. The molecule has 2 rings (SSSR count). The Bertz CT molecular complexity index is 538. The van der Waals surface area contributed by atoms with Crippen LogP contribution >= 0.6 is 0 Å². The van der Waals surface area contributed by atoms with Crippen molar-refractivity contribution in [3.63, 3.8) is 0 Å². The van der Waals surface area contributed by atoms with Gasteiger partial charge in [-0.25, -0.2) is 0 Å². The summed E-state index contributed by atoms with van der Waals surface area (Å²) in [6, 6.07) is 13.5. The van der Waals surface area contributed by atoms with Crippen LogP contribution in [0.15, 0.2) is 48.5 Å². The van der Waals surface area contributed by atoms with Gasteiger partial charge in [0.05, 0.1) is 4.92 Å². The van der Waals surface area contributed by atoms with E-state index in [9.17, 15) is 10.1 Å². The number of nitrogens with one attached hydrogen (secondary N) is 1. The summed E-state index contributed by atoms with van der Waals surface area (Å²) < 4.78 is 0. The molecular formula is C12H11N3O2. The molecule has 17 heavy (non-hydrogen) atoms. The molecule has 0 amide bonds. The molecule has 0 bridgehead atoms. The third kappa shape index (κ3) is 2.52. The lowest BCUT2D eigenvalue weighted by Crippen LogP contribution is -1.96. The molecule has 0 radical (unpaired) electrons. The second-order valence-corrected chi connectivity index (χ2v) is 3.52. The summed E-state index contributed by atoms with van der Waals surface area (Å²) in [5.41, 5.74) is 7.48. The standard InChI is InChI=1S/C12H11N3O2/c13-9-5-7-10(8-6-9)14-11-3-1-2-4-12(11)15(16)17/h1-8,14H,13H2. The van der Waals surface area contributed by atoms with Gasteiger partial charge in [0.1, 0.15) is 5.69 Å². The fourth-order valence-corrected chi connectivity index (χ4v) is 1.46. The zero-order valence-corrected chi connectivity index (χ0v) is 8.96. The number of nitro groups is 1. The van der Waals surface area contributed by atoms with E-state index in [0.717, 1.165) is 5.69 Å². The van der Waals surface area contributed by atoms with E-state index in [1.165, 1.54) is 6.07 Å². The van der Waals surface area contributed by atoms with Gasteiger partial charge in [-0.15, -0.1) is 0 Å². The Labute approximate surface area is 98.0 Å². The van der Waals surface area contributed by atoms with Crippen LogP contribution in [0.1, 0.15) is 0 Å². The highest BCUT2D eigenvalue weighted by molar-refractivity contribution is 5.69. The van der Waals surface area contributed by atoms with Gasteiger partial charge < -0.3 is 11.1 Å². The van der Waals surface area contributed by atoms with Gasteiger partial charge >= 0.3 is 0 Å². The number of para-hydroxylation sites is 2. The number of benzene rings is 2. The third-order valence-corrected chi connectivity index (χ3v) is 2.29. The molecule has 2 aromatic carbocycles. The minimum Gasteiger partial charge on any atom is -0.399 e. The van der Waals surface area contributed by atoms with E-state index in [1.807, 2.05) is 0 Å². The van der Waals surface area contributed by atoms with E-state index in [-0.39, 0.29) is 5.69 Å². The highest BCUT2D eigenvalue weighted by Crippen LogP contribution is 2.27. The van der Waals surface area contributed by atoms with Gasteiger partial charge in [-0.05, 0) is 30.3 Å². The molecule has 0 atom stereocenters. The first-order valence-electron chi connectivity index (χ1n) is 5.03. The number of hydrogen-bond donors (Lipinski definition) is 2. The normalized spacial score (nSPS) is 9.88. The molecule has 0 aliphatic heterocycles. The monoisotopic (exact) mass is 229 g/mol. The molecule has 2 aromatic rings. The smallest absolute Gasteiger partial charge is 0.292 e. The molecule has 0 saturated heterocycles. The second-order valence-electron chi connectivity index (χ2n) is 3.52. The van der Waals surface area contributed by atoms with Crippen LogP contribution in [0, 0.1) is 10.1 Å². The molecule has 0 aliphatic rings. The molecule has 5 heteroatoms. The van der Waals surface area contributed by atoms with Gasteiger partial charge in [0.25, 0.3) is 5.69 Å². The maximum Gasteiger partial charge on any atom is 0.292 e. The van der Waals surface area contributed by atoms with Crippen molar-refractivity contribution in [3.05, 3.63) is 58.6 Å². The summed E-state index contributed by atoms with van der Waals surface area (Å²) in [6.45, 7) is 0. The van der Waals surface area contributed by atoms with Gasteiger partial charge in [0.15, 0.2) is 0 Å². The van der Waals surface area contributed by atoms with E-state index >= 15 is 0 Å². The van der Waals surface area contributed by atoms with Gasteiger partial charge in [-0.3, -0.25) is 10.1 Å². The zero-order chi connectivity index (χ0) is 12.3. The summed E-state index contributed by atoms with van der Waals surface area (Å²) in [5, 5.41) is 13.8. The number of hydrogen-bond acceptors (Lipinski definition) is 4. The van der Waals surface area contributed by atoms with E-state index < -0.39 is 4.92 Å². The SMILES string of the molecule is Nc1ccc(Nc2ccccc2[N+](=O)[O-])cc1. The van der Waals surface area contributed by atoms with Crippen LogP contribution in [0.5, 0.6) is 0 Å². The molecule has 0 heterocycles. The van der Waals surface area contributed by atoms with Crippen molar-refractivity contribution in [2.75, 3.05) is 11.1 Å². The van der Waals surface area contributed by atoms with Crippen LogP contribution in [0.2, 0.25) is 0 Å². The number of nitro benzene ring substituents is 1. The van der Waals surface area contributed by atoms with E-state index in [1.54, 1.807) is 42.5 Å². The Morgan fingerprint density at radius 3 is 2.35 bits per heavy atom. The molecular weight excluding hydrogens is 218 g/mol. The maximum absolute atomic E-state index is 10.8. The van der Waals surface area contributed by atoms with Crippen molar-refractivity contribution in [1.29, 1.82) is 0 Å². The second kappa shape index (κ2) is 4.52. The van der Waals surface area contributed by atoms with Crippen molar-refractivity contribution in [2.45, 2.75) is 0 Å². The highest BCUT2D eigenvalue weighted by atomic mass is 16.6. The molecule has 0 unspecified atom stereocenters. The maximum atomic E-state index is 10.8. The zero-order valence-electron chi connectivity index (χ0n) is 8.96. The number of nitrogen functional groups attached to an aromatic ring is 1. The largest absolute Gasteiger partial charge is 0.399 e. The number of nitrogens with two attached hydrogens (primary N) is 1. The van der Waals surface area contributed by atoms with E-state index in [0.29, 0.717) is 11.4 Å². The lowest BCUT2D eigenvalue weighted by Gasteiger charge is -2.06. The Hall–Kier alpha value is -2.56. The Morgan fingerprint density at radius 2 is 1.71 bits per heavy atom. The van der Waals surface area contributed by atoms with Crippen molar-refractivity contribution in [3.8, 4) is 0 Å². The number of rotatable bonds is 3. The van der Waals surface area contributed by atoms with Crippen molar-refractivity contribution >= 4 is 22.7 Å². The minimum absolute atomic E-state index is 0.0457. The van der Waals surface area contributed by atoms with Crippen LogP contribution in [-0.4, -0.2) is 4.92 Å². The van der Waals surface area contributed by atoms with Crippen LogP contribution in [-0.2, 0) is 0 Å². The molecule has 5 nitrogen and oxygen atoms in total. The Kier molecular flexibility index (Phi) is 2.91. The molecule has 3 N–H and O–H groups in total. The van der Waals surface area contributed by atoms with Gasteiger partial charge in [-0.2, -0.15) is 0 Å². The lowest BCUT2D eigenvalue weighted by molar-refractivity contribution is -0.383. The van der Waals surface area contributed by atoms with Crippen molar-refractivity contribution in [1.82, 2.24) is 0 Å². The summed E-state index contributed by atoms with van der Waals surface area (Å²) in [7, 11) is 0.